The average molecular weight is 340 g/mol. The second-order valence-corrected chi connectivity index (χ2v) is 6.74. The van der Waals surface area contributed by atoms with Crippen LogP contribution in [0.2, 0.25) is 0 Å². The first kappa shape index (κ1) is 15.5. The zero-order valence-corrected chi connectivity index (χ0v) is 13.8. The SMILES string of the molecule is COC(=O)[C@@H](NC1CC(c2ccc(Br)cc2)C1)C(C)C. The molecule has 0 aliphatic heterocycles. The predicted molar refractivity (Wildman–Crippen MR) is 83.7 cm³/mol. The van der Waals surface area contributed by atoms with E-state index in [4.69, 9.17) is 4.74 Å². The number of halogens is 1. The highest BCUT2D eigenvalue weighted by molar-refractivity contribution is 9.10. The van der Waals surface area contributed by atoms with E-state index in [0.29, 0.717) is 12.0 Å². The Morgan fingerprint density at radius 2 is 1.90 bits per heavy atom. The molecule has 1 atom stereocenters. The van der Waals surface area contributed by atoms with Crippen molar-refractivity contribution in [2.75, 3.05) is 7.11 Å². The molecule has 20 heavy (non-hydrogen) atoms. The smallest absolute Gasteiger partial charge is 0.323 e. The van der Waals surface area contributed by atoms with Crippen molar-refractivity contribution >= 4 is 21.9 Å². The molecule has 0 saturated heterocycles. The van der Waals surface area contributed by atoms with Crippen LogP contribution in [0, 0.1) is 5.92 Å². The summed E-state index contributed by atoms with van der Waals surface area (Å²) in [7, 11) is 1.45. The molecule has 1 aliphatic rings. The van der Waals surface area contributed by atoms with Crippen molar-refractivity contribution in [3.8, 4) is 0 Å². The molecule has 1 aliphatic carbocycles. The highest BCUT2D eigenvalue weighted by Crippen LogP contribution is 2.37. The van der Waals surface area contributed by atoms with E-state index in [2.05, 4.69) is 45.5 Å². The lowest BCUT2D eigenvalue weighted by Gasteiger charge is -2.39. The van der Waals surface area contributed by atoms with Crippen molar-refractivity contribution in [1.82, 2.24) is 5.32 Å². The summed E-state index contributed by atoms with van der Waals surface area (Å²) in [5.41, 5.74) is 1.38. The number of methoxy groups -OCH3 is 1. The van der Waals surface area contributed by atoms with Gasteiger partial charge in [0.15, 0.2) is 0 Å². The number of esters is 1. The molecule has 0 heterocycles. The maximum absolute atomic E-state index is 11.7. The van der Waals surface area contributed by atoms with E-state index < -0.39 is 0 Å². The molecule has 0 amide bonds. The van der Waals surface area contributed by atoms with Gasteiger partial charge in [0, 0.05) is 10.5 Å². The van der Waals surface area contributed by atoms with Gasteiger partial charge in [0.1, 0.15) is 6.04 Å². The first-order chi connectivity index (χ1) is 9.51. The summed E-state index contributed by atoms with van der Waals surface area (Å²) in [6, 6.07) is 8.73. The fraction of sp³-hybridized carbons (Fsp3) is 0.562. The molecule has 3 nitrogen and oxygen atoms in total. The van der Waals surface area contributed by atoms with Crippen molar-refractivity contribution < 1.29 is 9.53 Å². The molecule has 4 heteroatoms. The minimum atomic E-state index is -0.198. The molecule has 1 aromatic carbocycles. The van der Waals surface area contributed by atoms with Crippen LogP contribution < -0.4 is 5.32 Å². The summed E-state index contributed by atoms with van der Waals surface area (Å²) < 4.78 is 5.97. The van der Waals surface area contributed by atoms with E-state index in [1.807, 2.05) is 13.8 Å². The maximum atomic E-state index is 11.7. The zero-order chi connectivity index (χ0) is 14.7. The van der Waals surface area contributed by atoms with Crippen molar-refractivity contribution in [1.29, 1.82) is 0 Å². The molecule has 0 bridgehead atoms. The third-order valence-corrected chi connectivity index (χ3v) is 4.55. The number of nitrogens with one attached hydrogen (secondary N) is 1. The van der Waals surface area contributed by atoms with E-state index in [9.17, 15) is 4.79 Å². The van der Waals surface area contributed by atoms with Gasteiger partial charge in [0.25, 0.3) is 0 Å². The van der Waals surface area contributed by atoms with Crippen LogP contribution in [0.5, 0.6) is 0 Å². The Bertz CT molecular complexity index is 452. The minimum Gasteiger partial charge on any atom is -0.468 e. The zero-order valence-electron chi connectivity index (χ0n) is 12.2. The molecule has 1 N–H and O–H groups in total. The molecule has 1 saturated carbocycles. The predicted octanol–water partition coefficient (Wildman–Crippen LogP) is 3.48. The Balaban J connectivity index is 1.86. The van der Waals surface area contributed by atoms with Crippen molar-refractivity contribution in [2.24, 2.45) is 5.92 Å². The monoisotopic (exact) mass is 339 g/mol. The summed E-state index contributed by atoms with van der Waals surface area (Å²) in [4.78, 5) is 11.7. The summed E-state index contributed by atoms with van der Waals surface area (Å²) in [5, 5.41) is 3.43. The summed E-state index contributed by atoms with van der Waals surface area (Å²) in [6.07, 6.45) is 2.17. The maximum Gasteiger partial charge on any atom is 0.323 e. The highest BCUT2D eigenvalue weighted by Gasteiger charge is 2.34. The van der Waals surface area contributed by atoms with Gasteiger partial charge in [-0.1, -0.05) is 41.9 Å². The van der Waals surface area contributed by atoms with Gasteiger partial charge >= 0.3 is 5.97 Å². The van der Waals surface area contributed by atoms with Crippen LogP contribution in [-0.4, -0.2) is 25.2 Å². The number of carbonyl (C=O) groups excluding carboxylic acids is 1. The lowest BCUT2D eigenvalue weighted by atomic mass is 9.75. The molecule has 0 aromatic heterocycles. The van der Waals surface area contributed by atoms with Gasteiger partial charge in [-0.2, -0.15) is 0 Å². The molecule has 2 rings (SSSR count). The van der Waals surface area contributed by atoms with E-state index in [0.717, 1.165) is 17.3 Å². The van der Waals surface area contributed by atoms with Crippen molar-refractivity contribution in [3.05, 3.63) is 34.3 Å². The van der Waals surface area contributed by atoms with Crippen LogP contribution in [-0.2, 0) is 9.53 Å². The van der Waals surface area contributed by atoms with Crippen LogP contribution >= 0.6 is 15.9 Å². The summed E-state index contributed by atoms with van der Waals surface area (Å²) in [5.74, 6) is 0.687. The average Bonchev–Trinajstić information content (AvgIpc) is 2.38. The van der Waals surface area contributed by atoms with Crippen LogP contribution in [0.1, 0.15) is 38.2 Å². The van der Waals surface area contributed by atoms with Crippen molar-refractivity contribution in [3.63, 3.8) is 0 Å². The Morgan fingerprint density at radius 1 is 1.30 bits per heavy atom. The summed E-state index contributed by atoms with van der Waals surface area (Å²) in [6.45, 7) is 4.08. The number of hydrogen-bond donors (Lipinski definition) is 1. The number of ether oxygens (including phenoxy) is 1. The fourth-order valence-corrected chi connectivity index (χ4v) is 2.94. The Morgan fingerprint density at radius 3 is 2.40 bits per heavy atom. The molecule has 1 aromatic rings. The standard InChI is InChI=1S/C16H22BrNO2/c1-10(2)15(16(19)20-3)18-14-8-12(9-14)11-4-6-13(17)7-5-11/h4-7,10,12,14-15,18H,8-9H2,1-3H3/t12?,14?,15-/m0/s1. The van der Waals surface area contributed by atoms with Crippen LogP contribution in [0.25, 0.3) is 0 Å². The van der Waals surface area contributed by atoms with Gasteiger partial charge in [-0.25, -0.2) is 0 Å². The van der Waals surface area contributed by atoms with Crippen LogP contribution in [0.15, 0.2) is 28.7 Å². The van der Waals surface area contributed by atoms with Gasteiger partial charge in [-0.15, -0.1) is 0 Å². The van der Waals surface area contributed by atoms with Crippen LogP contribution in [0.4, 0.5) is 0 Å². The van der Waals surface area contributed by atoms with Gasteiger partial charge in [0.2, 0.25) is 0 Å². The molecule has 0 unspecified atom stereocenters. The highest BCUT2D eigenvalue weighted by atomic mass is 79.9. The quantitative estimate of drug-likeness (QED) is 0.834. The second-order valence-electron chi connectivity index (χ2n) is 5.83. The first-order valence-electron chi connectivity index (χ1n) is 7.10. The number of hydrogen-bond acceptors (Lipinski definition) is 3. The Hall–Kier alpha value is -0.870. The Labute approximate surface area is 129 Å². The van der Waals surface area contributed by atoms with Gasteiger partial charge in [-0.3, -0.25) is 4.79 Å². The van der Waals surface area contributed by atoms with E-state index in [1.165, 1.54) is 12.7 Å². The van der Waals surface area contributed by atoms with E-state index in [1.54, 1.807) is 0 Å². The van der Waals surface area contributed by atoms with E-state index in [-0.39, 0.29) is 17.9 Å². The lowest BCUT2D eigenvalue weighted by Crippen LogP contribution is -2.51. The topological polar surface area (TPSA) is 38.3 Å². The number of carbonyl (C=O) groups is 1. The molecule has 1 fully saturated rings. The normalized spacial score (nSPS) is 23.2. The first-order valence-corrected chi connectivity index (χ1v) is 7.90. The molecule has 0 radical (unpaired) electrons. The number of rotatable bonds is 5. The van der Waals surface area contributed by atoms with Gasteiger partial charge < -0.3 is 10.1 Å². The third-order valence-electron chi connectivity index (χ3n) is 4.02. The Kier molecular flexibility index (Phi) is 5.22. The second kappa shape index (κ2) is 6.72. The molecule has 0 spiro atoms. The minimum absolute atomic E-state index is 0.160. The van der Waals surface area contributed by atoms with Gasteiger partial charge in [0.05, 0.1) is 7.11 Å². The van der Waals surface area contributed by atoms with Gasteiger partial charge in [-0.05, 0) is 42.4 Å². The molecule has 110 valence electrons. The van der Waals surface area contributed by atoms with Crippen LogP contribution in [0.3, 0.4) is 0 Å². The van der Waals surface area contributed by atoms with Crippen molar-refractivity contribution in [2.45, 2.75) is 44.7 Å². The van der Waals surface area contributed by atoms with E-state index >= 15 is 0 Å². The summed E-state index contributed by atoms with van der Waals surface area (Å²) >= 11 is 3.46. The fourth-order valence-electron chi connectivity index (χ4n) is 2.67. The molecular weight excluding hydrogens is 318 g/mol. The third kappa shape index (κ3) is 3.61. The largest absolute Gasteiger partial charge is 0.468 e. The molecular formula is C16H22BrNO2. The lowest BCUT2D eigenvalue weighted by molar-refractivity contribution is -0.144. The number of benzene rings is 1.